The Labute approximate surface area is 118 Å². The number of benzene rings is 1. The first-order valence-electron chi connectivity index (χ1n) is 6.13. The number of alkyl halides is 1. The maximum Gasteiger partial charge on any atom is 0.133 e. The van der Waals surface area contributed by atoms with E-state index in [1.807, 2.05) is 6.07 Å². The summed E-state index contributed by atoms with van der Waals surface area (Å²) < 4.78 is 6.23. The fourth-order valence-electron chi connectivity index (χ4n) is 1.85. The van der Waals surface area contributed by atoms with Gasteiger partial charge in [0.15, 0.2) is 0 Å². The molecule has 0 fully saturated rings. The van der Waals surface area contributed by atoms with E-state index in [0.717, 1.165) is 35.9 Å². The molecule has 0 aliphatic rings. The Morgan fingerprint density at radius 3 is 2.71 bits per heavy atom. The van der Waals surface area contributed by atoms with Crippen LogP contribution in [0.15, 0.2) is 22.7 Å². The molecule has 0 N–H and O–H groups in total. The highest BCUT2D eigenvalue weighted by Crippen LogP contribution is 2.26. The lowest BCUT2D eigenvalue weighted by Gasteiger charge is -2.09. The smallest absolute Gasteiger partial charge is 0.133 e. The Morgan fingerprint density at radius 2 is 2.12 bits per heavy atom. The van der Waals surface area contributed by atoms with E-state index in [1.54, 1.807) is 7.11 Å². The zero-order chi connectivity index (χ0) is 12.7. The Kier molecular flexibility index (Phi) is 6.98. The Hall–Kier alpha value is -0.210. The van der Waals surface area contributed by atoms with Gasteiger partial charge in [-0.15, -0.1) is 11.6 Å². The summed E-state index contributed by atoms with van der Waals surface area (Å²) in [5, 5.41) is 0.335. The molecule has 17 heavy (non-hydrogen) atoms. The minimum atomic E-state index is 0.335. The van der Waals surface area contributed by atoms with Crippen LogP contribution in [0.25, 0.3) is 0 Å². The van der Waals surface area contributed by atoms with Crippen molar-refractivity contribution in [2.45, 2.75) is 44.4 Å². The van der Waals surface area contributed by atoms with Gasteiger partial charge in [0, 0.05) is 5.38 Å². The minimum Gasteiger partial charge on any atom is -0.496 e. The van der Waals surface area contributed by atoms with Crippen molar-refractivity contribution in [1.29, 1.82) is 0 Å². The topological polar surface area (TPSA) is 9.23 Å². The van der Waals surface area contributed by atoms with Gasteiger partial charge in [-0.25, -0.2) is 0 Å². The average Bonchev–Trinajstić information content (AvgIpc) is 2.29. The summed E-state index contributed by atoms with van der Waals surface area (Å²) in [5.41, 5.74) is 1.33. The Balaban J connectivity index is 2.39. The summed E-state index contributed by atoms with van der Waals surface area (Å²) in [7, 11) is 1.68. The second-order valence-electron chi connectivity index (χ2n) is 4.25. The highest BCUT2D eigenvalue weighted by molar-refractivity contribution is 9.10. The van der Waals surface area contributed by atoms with Gasteiger partial charge in [-0.1, -0.05) is 19.4 Å². The van der Waals surface area contributed by atoms with Crippen LogP contribution in [0.3, 0.4) is 0 Å². The predicted octanol–water partition coefficient (Wildman–Crippen LogP) is 5.19. The van der Waals surface area contributed by atoms with E-state index >= 15 is 0 Å². The van der Waals surface area contributed by atoms with Gasteiger partial charge in [-0.3, -0.25) is 0 Å². The van der Waals surface area contributed by atoms with E-state index in [9.17, 15) is 0 Å². The normalized spacial score (nSPS) is 12.5. The van der Waals surface area contributed by atoms with Crippen LogP contribution in [0.4, 0.5) is 0 Å². The van der Waals surface area contributed by atoms with Gasteiger partial charge < -0.3 is 4.74 Å². The quantitative estimate of drug-likeness (QED) is 0.629. The molecule has 0 amide bonds. The first-order chi connectivity index (χ1) is 8.17. The first kappa shape index (κ1) is 14.8. The molecular formula is C14H20BrClO. The predicted molar refractivity (Wildman–Crippen MR) is 78.2 cm³/mol. The van der Waals surface area contributed by atoms with Crippen LogP contribution in [0.5, 0.6) is 5.75 Å². The summed E-state index contributed by atoms with van der Waals surface area (Å²) >= 11 is 9.70. The van der Waals surface area contributed by atoms with E-state index in [-0.39, 0.29) is 0 Å². The van der Waals surface area contributed by atoms with Crippen molar-refractivity contribution in [3.63, 3.8) is 0 Å². The minimum absolute atomic E-state index is 0.335. The number of methoxy groups -OCH3 is 1. The number of hydrogen-bond donors (Lipinski definition) is 0. The lowest BCUT2D eigenvalue weighted by molar-refractivity contribution is 0.412. The third kappa shape index (κ3) is 5.31. The van der Waals surface area contributed by atoms with Crippen LogP contribution < -0.4 is 4.74 Å². The Morgan fingerprint density at radius 1 is 1.35 bits per heavy atom. The second kappa shape index (κ2) is 7.99. The first-order valence-corrected chi connectivity index (χ1v) is 7.36. The third-order valence-corrected chi connectivity index (χ3v) is 3.86. The largest absolute Gasteiger partial charge is 0.496 e. The van der Waals surface area contributed by atoms with Crippen molar-refractivity contribution < 1.29 is 4.74 Å². The molecule has 0 heterocycles. The maximum absolute atomic E-state index is 6.20. The van der Waals surface area contributed by atoms with Crippen LogP contribution >= 0.6 is 27.5 Å². The molecule has 0 spiro atoms. The molecule has 1 unspecified atom stereocenters. The van der Waals surface area contributed by atoms with Gasteiger partial charge in [-0.2, -0.15) is 0 Å². The highest BCUT2D eigenvalue weighted by Gasteiger charge is 2.05. The molecule has 1 aromatic rings. The van der Waals surface area contributed by atoms with Crippen molar-refractivity contribution in [3.8, 4) is 5.75 Å². The number of rotatable bonds is 7. The molecule has 1 aromatic carbocycles. The second-order valence-corrected chi connectivity index (χ2v) is 5.72. The summed E-state index contributed by atoms with van der Waals surface area (Å²) in [4.78, 5) is 0. The van der Waals surface area contributed by atoms with Crippen molar-refractivity contribution in [2.24, 2.45) is 0 Å². The van der Waals surface area contributed by atoms with Crippen molar-refractivity contribution >= 4 is 27.5 Å². The van der Waals surface area contributed by atoms with Crippen LogP contribution in [0.1, 0.15) is 38.2 Å². The molecule has 0 aliphatic heterocycles. The number of ether oxygens (including phenoxy) is 1. The van der Waals surface area contributed by atoms with E-state index in [1.165, 1.54) is 12.0 Å². The number of hydrogen-bond acceptors (Lipinski definition) is 1. The molecule has 96 valence electrons. The molecule has 1 rings (SSSR count). The van der Waals surface area contributed by atoms with Gasteiger partial charge in [0.25, 0.3) is 0 Å². The fourth-order valence-corrected chi connectivity index (χ4v) is 2.81. The molecule has 3 heteroatoms. The van der Waals surface area contributed by atoms with E-state index in [2.05, 4.69) is 35.0 Å². The molecule has 1 atom stereocenters. The van der Waals surface area contributed by atoms with E-state index in [0.29, 0.717) is 5.38 Å². The van der Waals surface area contributed by atoms with Crippen LogP contribution in [-0.2, 0) is 6.42 Å². The molecular weight excluding hydrogens is 300 g/mol. The Bertz CT molecular complexity index is 341. The van der Waals surface area contributed by atoms with Crippen LogP contribution in [0, 0.1) is 0 Å². The van der Waals surface area contributed by atoms with E-state index in [4.69, 9.17) is 16.3 Å². The van der Waals surface area contributed by atoms with Crippen LogP contribution in [0.2, 0.25) is 0 Å². The lowest BCUT2D eigenvalue weighted by atomic mass is 10.1. The zero-order valence-corrected chi connectivity index (χ0v) is 12.9. The number of halogens is 2. The van der Waals surface area contributed by atoms with Crippen LogP contribution in [-0.4, -0.2) is 12.5 Å². The average molecular weight is 320 g/mol. The van der Waals surface area contributed by atoms with Gasteiger partial charge >= 0.3 is 0 Å². The summed E-state index contributed by atoms with van der Waals surface area (Å²) in [6.07, 6.45) is 5.61. The molecule has 0 aliphatic carbocycles. The summed E-state index contributed by atoms with van der Waals surface area (Å²) in [5.74, 6) is 0.884. The molecule has 0 saturated carbocycles. The standard InChI is InChI=1S/C14H20BrClO/c1-3-5-12(16)7-4-6-11-8-9-14(17-2)13(15)10-11/h8-10,12H,3-7H2,1-2H3. The van der Waals surface area contributed by atoms with Gasteiger partial charge in [0.2, 0.25) is 0 Å². The van der Waals surface area contributed by atoms with Crippen molar-refractivity contribution in [1.82, 2.24) is 0 Å². The SMILES string of the molecule is CCCC(Cl)CCCc1ccc(OC)c(Br)c1. The zero-order valence-electron chi connectivity index (χ0n) is 10.5. The van der Waals surface area contributed by atoms with Crippen molar-refractivity contribution in [3.05, 3.63) is 28.2 Å². The van der Waals surface area contributed by atoms with Gasteiger partial charge in [0.1, 0.15) is 5.75 Å². The highest BCUT2D eigenvalue weighted by atomic mass is 79.9. The summed E-state index contributed by atoms with van der Waals surface area (Å²) in [6.45, 7) is 2.18. The maximum atomic E-state index is 6.20. The lowest BCUT2D eigenvalue weighted by Crippen LogP contribution is -1.98. The number of aryl methyl sites for hydroxylation is 1. The monoisotopic (exact) mass is 318 g/mol. The molecule has 0 aromatic heterocycles. The van der Waals surface area contributed by atoms with Crippen molar-refractivity contribution in [2.75, 3.05) is 7.11 Å². The van der Waals surface area contributed by atoms with E-state index < -0.39 is 0 Å². The molecule has 1 nitrogen and oxygen atoms in total. The molecule has 0 bridgehead atoms. The third-order valence-electron chi connectivity index (χ3n) is 2.80. The summed E-state index contributed by atoms with van der Waals surface area (Å²) in [6, 6.07) is 6.25. The van der Waals surface area contributed by atoms with Gasteiger partial charge in [0.05, 0.1) is 11.6 Å². The molecule has 0 radical (unpaired) electrons. The fraction of sp³-hybridized carbons (Fsp3) is 0.571. The molecule has 0 saturated heterocycles. The van der Waals surface area contributed by atoms with Gasteiger partial charge in [-0.05, 0) is 59.3 Å².